The molecule has 0 aromatic heterocycles. The van der Waals surface area contributed by atoms with Crippen molar-refractivity contribution in [3.8, 4) is 0 Å². The van der Waals surface area contributed by atoms with Gasteiger partial charge in [0.25, 0.3) is 0 Å². The number of hydrogen-bond acceptors (Lipinski definition) is 3. The lowest BCUT2D eigenvalue weighted by Crippen LogP contribution is -3.59. The fourth-order valence-corrected chi connectivity index (χ4v) is 3.72. The summed E-state index contributed by atoms with van der Waals surface area (Å²) in [4.78, 5) is 0. The second kappa shape index (κ2) is 11.0. The Bertz CT molecular complexity index is 569. The topological polar surface area (TPSA) is 57.2 Å². The molecule has 0 unspecified atom stereocenters. The SMILES string of the molecule is CCCC/C(=C/[I+]c1ccccc1)CC.O=S(=O)([O-])C(F)(F)F. The third-order valence-electron chi connectivity index (χ3n) is 2.66. The zero-order valence-electron chi connectivity index (χ0n) is 12.9. The van der Waals surface area contributed by atoms with E-state index >= 15 is 0 Å². The lowest BCUT2D eigenvalue weighted by molar-refractivity contribution is -0.557. The van der Waals surface area contributed by atoms with Crippen LogP contribution in [-0.4, -0.2) is 18.5 Å². The molecular weight excluding hydrogens is 444 g/mol. The van der Waals surface area contributed by atoms with Crippen LogP contribution in [0.25, 0.3) is 0 Å². The average Bonchev–Trinajstić information content (AvgIpc) is 2.47. The molecule has 0 aliphatic carbocycles. The fraction of sp³-hybridized carbons (Fsp3) is 0.467. The number of rotatable bonds is 6. The van der Waals surface area contributed by atoms with Gasteiger partial charge in [-0.3, -0.25) is 0 Å². The predicted molar refractivity (Wildman–Crippen MR) is 78.8 cm³/mol. The molecule has 23 heavy (non-hydrogen) atoms. The van der Waals surface area contributed by atoms with Gasteiger partial charge < -0.3 is 4.55 Å². The van der Waals surface area contributed by atoms with Gasteiger partial charge in [-0.2, -0.15) is 13.2 Å². The summed E-state index contributed by atoms with van der Waals surface area (Å²) in [6.07, 6.45) is 5.19. The maximum Gasteiger partial charge on any atom is 0.485 e. The zero-order chi connectivity index (χ0) is 17.9. The molecular formula is C15H20F3IO3S. The highest BCUT2D eigenvalue weighted by Gasteiger charge is 2.36. The first-order chi connectivity index (χ1) is 10.6. The standard InChI is InChI=1S/C14H20I.CHF3O3S/c1-3-5-9-13(4-2)12-15-14-10-7-6-8-11-14;2-1(3,4)8(5,6)7/h6-8,10-12H,3-5,9H2,1-2H3;(H,5,6,7)/q+1;/p-1/b13-12+;. The largest absolute Gasteiger partial charge is 0.741 e. The van der Waals surface area contributed by atoms with Crippen LogP contribution in [0.2, 0.25) is 0 Å². The molecule has 0 fully saturated rings. The summed E-state index contributed by atoms with van der Waals surface area (Å²) < 4.78 is 62.9. The van der Waals surface area contributed by atoms with Crippen LogP contribution in [0.4, 0.5) is 13.2 Å². The van der Waals surface area contributed by atoms with Gasteiger partial charge in [0.15, 0.2) is 17.8 Å². The van der Waals surface area contributed by atoms with E-state index in [2.05, 4.69) is 48.3 Å². The van der Waals surface area contributed by atoms with Crippen LogP contribution in [0.1, 0.15) is 39.5 Å². The van der Waals surface area contributed by atoms with E-state index in [4.69, 9.17) is 13.0 Å². The number of benzene rings is 1. The third kappa shape index (κ3) is 10.7. The highest BCUT2D eigenvalue weighted by Crippen LogP contribution is 2.20. The minimum absolute atomic E-state index is 0.100. The Balaban J connectivity index is 0.000000515. The van der Waals surface area contributed by atoms with Gasteiger partial charge in [-0.25, -0.2) is 8.42 Å². The van der Waals surface area contributed by atoms with Crippen molar-refractivity contribution in [2.75, 3.05) is 0 Å². The molecule has 1 aromatic carbocycles. The Hall–Kier alpha value is -0.610. The van der Waals surface area contributed by atoms with Crippen LogP contribution in [0, 0.1) is 3.57 Å². The summed E-state index contributed by atoms with van der Waals surface area (Å²) in [5.41, 5.74) is -3.99. The van der Waals surface area contributed by atoms with E-state index in [-0.39, 0.29) is 21.2 Å². The summed E-state index contributed by atoms with van der Waals surface area (Å²) in [6, 6.07) is 10.9. The first-order valence-corrected chi connectivity index (χ1v) is 10.7. The van der Waals surface area contributed by atoms with Crippen molar-refractivity contribution in [3.05, 3.63) is 43.6 Å². The fourth-order valence-electron chi connectivity index (χ4n) is 1.34. The average molecular weight is 464 g/mol. The Morgan fingerprint density at radius 3 is 2.13 bits per heavy atom. The first kappa shape index (κ1) is 22.4. The van der Waals surface area contributed by atoms with Crippen LogP contribution in [0.3, 0.4) is 0 Å². The number of alkyl halides is 3. The smallest absolute Gasteiger partial charge is 0.485 e. The van der Waals surface area contributed by atoms with Crippen molar-refractivity contribution < 1.29 is 47.3 Å². The Morgan fingerprint density at radius 1 is 1.22 bits per heavy atom. The van der Waals surface area contributed by atoms with Gasteiger partial charge in [-0.15, -0.1) is 0 Å². The van der Waals surface area contributed by atoms with Gasteiger partial charge in [-0.05, 0) is 37.0 Å². The maximum absolute atomic E-state index is 10.7. The molecule has 0 radical (unpaired) electrons. The molecule has 1 aromatic rings. The van der Waals surface area contributed by atoms with E-state index in [0.29, 0.717) is 0 Å². The summed E-state index contributed by atoms with van der Waals surface area (Å²) in [6.45, 7) is 4.54. The molecule has 1 rings (SSSR count). The second-order valence-corrected chi connectivity index (χ2v) is 8.39. The van der Waals surface area contributed by atoms with Crippen LogP contribution in [-0.2, 0) is 10.1 Å². The lowest BCUT2D eigenvalue weighted by atomic mass is 10.1. The molecule has 0 spiro atoms. The van der Waals surface area contributed by atoms with Gasteiger partial charge in [-0.1, -0.05) is 38.5 Å². The molecule has 0 atom stereocenters. The van der Waals surface area contributed by atoms with E-state index < -0.39 is 15.6 Å². The molecule has 0 saturated carbocycles. The zero-order valence-corrected chi connectivity index (χ0v) is 15.9. The monoisotopic (exact) mass is 464 g/mol. The van der Waals surface area contributed by atoms with Gasteiger partial charge in [0.05, 0.1) is 0 Å². The van der Waals surface area contributed by atoms with Crippen molar-refractivity contribution >= 4 is 10.1 Å². The summed E-state index contributed by atoms with van der Waals surface area (Å²) in [5.74, 6) is 0. The minimum atomic E-state index is -6.09. The van der Waals surface area contributed by atoms with Crippen molar-refractivity contribution in [1.29, 1.82) is 0 Å². The molecule has 0 saturated heterocycles. The predicted octanol–water partition coefficient (Wildman–Crippen LogP) is 1.48. The van der Waals surface area contributed by atoms with E-state index in [1.165, 1.54) is 29.3 Å². The van der Waals surface area contributed by atoms with Crippen molar-refractivity contribution in [3.63, 3.8) is 0 Å². The molecule has 0 aliphatic heterocycles. The summed E-state index contributed by atoms with van der Waals surface area (Å²) in [7, 11) is -6.09. The molecule has 0 N–H and O–H groups in total. The molecule has 3 nitrogen and oxygen atoms in total. The number of halogens is 4. The Morgan fingerprint density at radius 2 is 1.74 bits per heavy atom. The van der Waals surface area contributed by atoms with Gasteiger partial charge in [0.2, 0.25) is 0 Å². The molecule has 132 valence electrons. The second-order valence-electron chi connectivity index (χ2n) is 4.53. The molecule has 8 heteroatoms. The van der Waals surface area contributed by atoms with Crippen molar-refractivity contribution in [1.82, 2.24) is 0 Å². The van der Waals surface area contributed by atoms with Crippen molar-refractivity contribution in [2.45, 2.75) is 45.0 Å². The lowest BCUT2D eigenvalue weighted by Gasteiger charge is -2.08. The van der Waals surface area contributed by atoms with E-state index in [1.807, 2.05) is 0 Å². The van der Waals surface area contributed by atoms with E-state index in [0.717, 1.165) is 0 Å². The maximum atomic E-state index is 10.7. The molecule has 0 amide bonds. The van der Waals surface area contributed by atoms with E-state index in [9.17, 15) is 13.2 Å². The Labute approximate surface area is 146 Å². The van der Waals surface area contributed by atoms with Crippen LogP contribution in [0.5, 0.6) is 0 Å². The summed E-state index contributed by atoms with van der Waals surface area (Å²) >= 11 is 0.100. The minimum Gasteiger partial charge on any atom is -0.741 e. The van der Waals surface area contributed by atoms with Crippen LogP contribution < -0.4 is 21.2 Å². The highest BCUT2D eigenvalue weighted by atomic mass is 127. The Kier molecular flexibility index (Phi) is 10.7. The number of unbranched alkanes of at least 4 members (excludes halogenated alkanes) is 1. The highest BCUT2D eigenvalue weighted by molar-refractivity contribution is 7.86. The van der Waals surface area contributed by atoms with Crippen molar-refractivity contribution in [2.24, 2.45) is 0 Å². The normalized spacial score (nSPS) is 12.5. The molecule has 0 bridgehead atoms. The first-order valence-electron chi connectivity index (χ1n) is 7.00. The number of allylic oxidation sites excluding steroid dienone is 1. The number of hydrogen-bond donors (Lipinski definition) is 0. The van der Waals surface area contributed by atoms with Gasteiger partial charge in [0, 0.05) is 0 Å². The van der Waals surface area contributed by atoms with Crippen LogP contribution in [0.15, 0.2) is 40.0 Å². The van der Waals surface area contributed by atoms with Gasteiger partial charge in [0.1, 0.15) is 0 Å². The third-order valence-corrected chi connectivity index (χ3v) is 5.85. The van der Waals surface area contributed by atoms with Crippen LogP contribution >= 0.6 is 0 Å². The van der Waals surface area contributed by atoms with Gasteiger partial charge >= 0.3 is 26.7 Å². The van der Waals surface area contributed by atoms with E-state index in [1.54, 1.807) is 5.57 Å². The quantitative estimate of drug-likeness (QED) is 0.364. The summed E-state index contributed by atoms with van der Waals surface area (Å²) in [5, 5.41) is 0. The molecule has 0 aliphatic rings. The molecule has 0 heterocycles.